The molecule has 2 aromatic rings. The van der Waals surface area contributed by atoms with Gasteiger partial charge >= 0.3 is 0 Å². The van der Waals surface area contributed by atoms with E-state index in [1.165, 1.54) is 12.3 Å². The molecule has 1 heterocycles. The van der Waals surface area contributed by atoms with E-state index in [4.69, 9.17) is 4.74 Å². The van der Waals surface area contributed by atoms with Gasteiger partial charge in [0.2, 0.25) is 5.88 Å². The second-order valence-electron chi connectivity index (χ2n) is 4.70. The molecule has 0 saturated heterocycles. The molecular formula is C16H14FN3O2. The highest BCUT2D eigenvalue weighted by Gasteiger charge is 2.07. The van der Waals surface area contributed by atoms with Crippen LogP contribution in [0, 0.1) is 5.82 Å². The highest BCUT2D eigenvalue weighted by Crippen LogP contribution is 2.24. The summed E-state index contributed by atoms with van der Waals surface area (Å²) in [5, 5.41) is 11.0. The lowest BCUT2D eigenvalue weighted by atomic mass is 10.2. The molecule has 0 radical (unpaired) electrons. The van der Waals surface area contributed by atoms with Gasteiger partial charge in [-0.3, -0.25) is 10.4 Å². The first-order valence-electron chi connectivity index (χ1n) is 6.68. The third-order valence-electron chi connectivity index (χ3n) is 3.00. The Kier molecular flexibility index (Phi) is 3.91. The van der Waals surface area contributed by atoms with Crippen LogP contribution in [-0.4, -0.2) is 16.5 Å². The van der Waals surface area contributed by atoms with Gasteiger partial charge in [0, 0.05) is 0 Å². The molecule has 5 nitrogen and oxygen atoms in total. The minimum absolute atomic E-state index is 0.0120. The van der Waals surface area contributed by atoms with Gasteiger partial charge in [0.25, 0.3) is 0 Å². The molecule has 0 unspecified atom stereocenters. The molecule has 0 spiro atoms. The van der Waals surface area contributed by atoms with Crippen LogP contribution in [0.3, 0.4) is 0 Å². The van der Waals surface area contributed by atoms with Crippen molar-refractivity contribution in [2.24, 2.45) is 4.99 Å². The fourth-order valence-corrected chi connectivity index (χ4v) is 1.98. The predicted molar refractivity (Wildman–Crippen MR) is 80.8 cm³/mol. The summed E-state index contributed by atoms with van der Waals surface area (Å²) in [4.78, 5) is 3.88. The van der Waals surface area contributed by atoms with Gasteiger partial charge in [0.15, 0.2) is 11.6 Å². The standard InChI is InChI=1S/C16H14FN3O2/c17-14-3-1-2-4-15(14)22-13-7-5-12(6-8-13)10-20-11-18-9-16(21)19-20/h1-9,11,19,21H,10H2. The number of benzene rings is 2. The lowest BCUT2D eigenvalue weighted by Crippen LogP contribution is -2.37. The first-order chi connectivity index (χ1) is 10.7. The van der Waals surface area contributed by atoms with Gasteiger partial charge in [0.1, 0.15) is 12.1 Å². The number of nitrogens with one attached hydrogen (secondary N) is 1. The van der Waals surface area contributed by atoms with Gasteiger partial charge in [0.05, 0.1) is 12.7 Å². The van der Waals surface area contributed by atoms with E-state index in [0.29, 0.717) is 12.3 Å². The largest absolute Gasteiger partial charge is 0.493 e. The Morgan fingerprint density at radius 3 is 2.64 bits per heavy atom. The van der Waals surface area contributed by atoms with Crippen LogP contribution < -0.4 is 10.2 Å². The monoisotopic (exact) mass is 299 g/mol. The first kappa shape index (κ1) is 13.9. The number of rotatable bonds is 4. The van der Waals surface area contributed by atoms with Crippen LogP contribution in [0.1, 0.15) is 5.56 Å². The maximum absolute atomic E-state index is 13.5. The molecule has 3 rings (SSSR count). The molecule has 0 aliphatic carbocycles. The van der Waals surface area contributed by atoms with Crippen LogP contribution in [0.4, 0.5) is 4.39 Å². The van der Waals surface area contributed by atoms with Crippen molar-refractivity contribution in [3.05, 3.63) is 72.0 Å². The molecule has 2 aromatic carbocycles. The summed E-state index contributed by atoms with van der Waals surface area (Å²) in [6.07, 6.45) is 2.89. The Labute approximate surface area is 127 Å². The number of hydrogen-bond donors (Lipinski definition) is 2. The zero-order valence-corrected chi connectivity index (χ0v) is 11.6. The highest BCUT2D eigenvalue weighted by atomic mass is 19.1. The molecule has 0 fully saturated rings. The summed E-state index contributed by atoms with van der Waals surface area (Å²) in [6.45, 7) is 0.515. The van der Waals surface area contributed by atoms with Crippen LogP contribution in [0.5, 0.6) is 11.5 Å². The molecule has 0 bridgehead atoms. The van der Waals surface area contributed by atoms with Crippen molar-refractivity contribution in [3.63, 3.8) is 0 Å². The van der Waals surface area contributed by atoms with Gasteiger partial charge in [-0.05, 0) is 29.8 Å². The van der Waals surface area contributed by atoms with Crippen molar-refractivity contribution in [3.8, 4) is 11.5 Å². The molecule has 0 atom stereocenters. The second kappa shape index (κ2) is 6.17. The van der Waals surface area contributed by atoms with E-state index in [1.54, 1.807) is 41.7 Å². The van der Waals surface area contributed by atoms with Crippen LogP contribution in [-0.2, 0) is 6.54 Å². The summed E-state index contributed by atoms with van der Waals surface area (Å²) < 4.78 is 19.0. The Balaban J connectivity index is 1.64. The van der Waals surface area contributed by atoms with E-state index in [9.17, 15) is 9.50 Å². The number of aliphatic hydroxyl groups is 1. The van der Waals surface area contributed by atoms with Crippen molar-refractivity contribution in [1.82, 2.24) is 10.4 Å². The first-order valence-corrected chi connectivity index (χ1v) is 6.68. The Morgan fingerprint density at radius 1 is 1.14 bits per heavy atom. The smallest absolute Gasteiger partial charge is 0.222 e. The average molecular weight is 299 g/mol. The molecule has 22 heavy (non-hydrogen) atoms. The van der Waals surface area contributed by atoms with Crippen molar-refractivity contribution >= 4 is 6.34 Å². The molecule has 1 aliphatic rings. The van der Waals surface area contributed by atoms with E-state index in [1.807, 2.05) is 12.1 Å². The summed E-state index contributed by atoms with van der Waals surface area (Å²) in [5.41, 5.74) is 3.73. The fraction of sp³-hybridized carbons (Fsp3) is 0.0625. The summed E-state index contributed by atoms with van der Waals surface area (Å²) in [7, 11) is 0. The maximum Gasteiger partial charge on any atom is 0.222 e. The number of aliphatic hydroxyl groups excluding tert-OH is 1. The third-order valence-corrected chi connectivity index (χ3v) is 3.00. The van der Waals surface area contributed by atoms with E-state index >= 15 is 0 Å². The van der Waals surface area contributed by atoms with Crippen molar-refractivity contribution in [2.45, 2.75) is 6.54 Å². The van der Waals surface area contributed by atoms with Gasteiger partial charge in [-0.1, -0.05) is 24.3 Å². The average Bonchev–Trinajstić information content (AvgIpc) is 2.52. The molecule has 1 aliphatic heterocycles. The quantitative estimate of drug-likeness (QED) is 0.909. The van der Waals surface area contributed by atoms with Crippen LogP contribution in [0.2, 0.25) is 0 Å². The SMILES string of the molecule is OC1=CN=CN(Cc2ccc(Oc3ccccc3F)cc2)N1. The highest BCUT2D eigenvalue weighted by molar-refractivity contribution is 5.56. The number of para-hydroxylation sites is 1. The maximum atomic E-state index is 13.5. The molecule has 0 saturated carbocycles. The molecule has 2 N–H and O–H groups in total. The minimum Gasteiger partial charge on any atom is -0.493 e. The van der Waals surface area contributed by atoms with E-state index in [-0.39, 0.29) is 11.6 Å². The minimum atomic E-state index is -0.400. The number of ether oxygens (including phenoxy) is 1. The van der Waals surface area contributed by atoms with Gasteiger partial charge in [-0.25, -0.2) is 9.38 Å². The summed E-state index contributed by atoms with van der Waals surface area (Å²) in [6, 6.07) is 13.5. The zero-order valence-electron chi connectivity index (χ0n) is 11.6. The molecule has 0 aromatic heterocycles. The summed E-state index contributed by atoms with van der Waals surface area (Å²) in [5.74, 6) is 0.330. The Hall–Kier alpha value is -3.02. The number of halogens is 1. The number of aliphatic imine (C=N–C) groups is 1. The topological polar surface area (TPSA) is 57.1 Å². The van der Waals surface area contributed by atoms with Crippen molar-refractivity contribution < 1.29 is 14.2 Å². The normalized spacial score (nSPS) is 13.5. The third kappa shape index (κ3) is 3.35. The number of hydrazine groups is 1. The summed E-state index contributed by atoms with van der Waals surface area (Å²) >= 11 is 0. The van der Waals surface area contributed by atoms with Crippen molar-refractivity contribution in [2.75, 3.05) is 0 Å². The van der Waals surface area contributed by atoms with Gasteiger partial charge < -0.3 is 9.84 Å². The van der Waals surface area contributed by atoms with Crippen molar-refractivity contribution in [1.29, 1.82) is 0 Å². The Morgan fingerprint density at radius 2 is 1.91 bits per heavy atom. The molecule has 112 valence electrons. The van der Waals surface area contributed by atoms with E-state index in [0.717, 1.165) is 5.56 Å². The fourth-order valence-electron chi connectivity index (χ4n) is 1.98. The van der Waals surface area contributed by atoms with E-state index in [2.05, 4.69) is 10.4 Å². The zero-order chi connectivity index (χ0) is 15.4. The Bertz CT molecular complexity index is 714. The number of hydrogen-bond acceptors (Lipinski definition) is 5. The van der Waals surface area contributed by atoms with E-state index < -0.39 is 5.82 Å². The van der Waals surface area contributed by atoms with Crippen LogP contribution in [0.15, 0.2) is 65.6 Å². The lowest BCUT2D eigenvalue weighted by Gasteiger charge is -2.22. The number of nitrogens with zero attached hydrogens (tertiary/aromatic N) is 2. The lowest BCUT2D eigenvalue weighted by molar-refractivity contribution is 0.241. The van der Waals surface area contributed by atoms with Crippen LogP contribution in [0.25, 0.3) is 0 Å². The molecular weight excluding hydrogens is 285 g/mol. The molecule has 6 heteroatoms. The van der Waals surface area contributed by atoms with Gasteiger partial charge in [-0.2, -0.15) is 0 Å². The predicted octanol–water partition coefficient (Wildman–Crippen LogP) is 3.32. The molecule has 0 amide bonds. The van der Waals surface area contributed by atoms with Crippen LogP contribution >= 0.6 is 0 Å². The van der Waals surface area contributed by atoms with Gasteiger partial charge in [-0.15, -0.1) is 0 Å². The second-order valence-corrected chi connectivity index (χ2v) is 4.70.